The van der Waals surface area contributed by atoms with Crippen LogP contribution in [0.5, 0.6) is 0 Å². The number of likely N-dealkylation sites (tertiary alicyclic amines) is 1. The maximum atomic E-state index is 13.0. The third-order valence-corrected chi connectivity index (χ3v) is 4.80. The highest BCUT2D eigenvalue weighted by Crippen LogP contribution is 2.16. The van der Waals surface area contributed by atoms with Gasteiger partial charge in [-0.2, -0.15) is 0 Å². The molecule has 3 rings (SSSR count). The molecule has 2 heterocycles. The summed E-state index contributed by atoms with van der Waals surface area (Å²) in [5, 5.41) is 6.87. The summed E-state index contributed by atoms with van der Waals surface area (Å²) in [6, 6.07) is 9.16. The van der Waals surface area contributed by atoms with E-state index in [0.29, 0.717) is 29.9 Å². The predicted octanol–water partition coefficient (Wildman–Crippen LogP) is 2.51. The summed E-state index contributed by atoms with van der Waals surface area (Å²) >= 11 is 0. The number of hydrogen-bond acceptors (Lipinski definition) is 4. The Balaban J connectivity index is 1.81. The summed E-state index contributed by atoms with van der Waals surface area (Å²) in [6.07, 6.45) is 3.10. The summed E-state index contributed by atoms with van der Waals surface area (Å²) < 4.78 is 5.16. The lowest BCUT2D eigenvalue weighted by Gasteiger charge is -2.24. The van der Waals surface area contributed by atoms with Crippen molar-refractivity contribution < 1.29 is 14.1 Å². The van der Waals surface area contributed by atoms with Gasteiger partial charge in [-0.15, -0.1) is 0 Å². The average molecular weight is 355 g/mol. The van der Waals surface area contributed by atoms with Gasteiger partial charge in [0, 0.05) is 19.5 Å². The monoisotopic (exact) mass is 355 g/mol. The lowest BCUT2D eigenvalue weighted by molar-refractivity contribution is -0.132. The Morgan fingerprint density at radius 2 is 1.92 bits per heavy atom. The Hall–Kier alpha value is -2.63. The van der Waals surface area contributed by atoms with Crippen LogP contribution in [0.25, 0.3) is 0 Å². The zero-order valence-corrected chi connectivity index (χ0v) is 15.3. The van der Waals surface area contributed by atoms with Gasteiger partial charge in [-0.1, -0.05) is 42.4 Å². The van der Waals surface area contributed by atoms with Crippen molar-refractivity contribution in [1.82, 2.24) is 15.4 Å². The highest BCUT2D eigenvalue weighted by Gasteiger charge is 2.30. The summed E-state index contributed by atoms with van der Waals surface area (Å²) in [4.78, 5) is 27.7. The van der Waals surface area contributed by atoms with Gasteiger partial charge in [-0.3, -0.25) is 9.59 Å². The zero-order chi connectivity index (χ0) is 18.5. The van der Waals surface area contributed by atoms with Crippen LogP contribution in [0.2, 0.25) is 0 Å². The number of nitrogens with one attached hydrogen (secondary N) is 1. The molecule has 0 bridgehead atoms. The standard InChI is InChI=1S/C20H25N3O3/c1-3-16-18(14(2)26-22-16)19(24)21-17(13-15-9-5-4-6-10-15)20(25)23-11-7-8-12-23/h4-6,9-10,17H,3,7-8,11-13H2,1-2H3,(H,21,24). The molecule has 0 spiro atoms. The molecule has 26 heavy (non-hydrogen) atoms. The first kappa shape index (κ1) is 18.2. The lowest BCUT2D eigenvalue weighted by atomic mass is 10.0. The molecular formula is C20H25N3O3. The van der Waals surface area contributed by atoms with Gasteiger partial charge < -0.3 is 14.7 Å². The van der Waals surface area contributed by atoms with Crippen molar-refractivity contribution in [2.24, 2.45) is 0 Å². The molecule has 1 aliphatic heterocycles. The minimum absolute atomic E-state index is 0.0214. The molecule has 1 aromatic carbocycles. The first-order valence-electron chi connectivity index (χ1n) is 9.19. The normalized spacial score (nSPS) is 15.1. The van der Waals surface area contributed by atoms with E-state index in [4.69, 9.17) is 4.52 Å². The second kappa shape index (κ2) is 8.17. The molecule has 2 amide bonds. The van der Waals surface area contributed by atoms with Crippen molar-refractivity contribution in [2.75, 3.05) is 13.1 Å². The van der Waals surface area contributed by atoms with Gasteiger partial charge in [0.15, 0.2) is 0 Å². The lowest BCUT2D eigenvalue weighted by Crippen LogP contribution is -2.49. The molecule has 1 fully saturated rings. The fourth-order valence-electron chi connectivity index (χ4n) is 3.39. The number of hydrogen-bond donors (Lipinski definition) is 1. The summed E-state index contributed by atoms with van der Waals surface area (Å²) in [5.41, 5.74) is 2.08. The second-order valence-corrected chi connectivity index (χ2v) is 6.66. The van der Waals surface area contributed by atoms with Gasteiger partial charge in [0.05, 0.1) is 5.69 Å². The van der Waals surface area contributed by atoms with E-state index < -0.39 is 6.04 Å². The Morgan fingerprint density at radius 3 is 2.58 bits per heavy atom. The Kier molecular flexibility index (Phi) is 5.71. The van der Waals surface area contributed by atoms with Crippen LogP contribution in [0, 0.1) is 6.92 Å². The molecule has 6 heteroatoms. The van der Waals surface area contributed by atoms with Crippen LogP contribution >= 0.6 is 0 Å². The van der Waals surface area contributed by atoms with Crippen LogP contribution in [0.4, 0.5) is 0 Å². The van der Waals surface area contributed by atoms with Gasteiger partial charge in [0.1, 0.15) is 17.4 Å². The van der Waals surface area contributed by atoms with E-state index in [9.17, 15) is 9.59 Å². The number of aryl methyl sites for hydroxylation is 2. The van der Waals surface area contributed by atoms with E-state index in [1.165, 1.54) is 0 Å². The molecule has 1 unspecified atom stereocenters. The van der Waals surface area contributed by atoms with Gasteiger partial charge in [0.25, 0.3) is 5.91 Å². The molecular weight excluding hydrogens is 330 g/mol. The Morgan fingerprint density at radius 1 is 1.23 bits per heavy atom. The summed E-state index contributed by atoms with van der Waals surface area (Å²) in [5.74, 6) is 0.160. The number of carbonyl (C=O) groups excluding carboxylic acids is 2. The van der Waals surface area contributed by atoms with Crippen molar-refractivity contribution in [2.45, 2.75) is 45.6 Å². The van der Waals surface area contributed by atoms with E-state index in [1.807, 2.05) is 42.2 Å². The zero-order valence-electron chi connectivity index (χ0n) is 15.3. The SMILES string of the molecule is CCc1noc(C)c1C(=O)NC(Cc1ccccc1)C(=O)N1CCCC1. The van der Waals surface area contributed by atoms with E-state index in [-0.39, 0.29) is 11.8 Å². The summed E-state index contributed by atoms with van der Waals surface area (Å²) in [7, 11) is 0. The molecule has 1 aliphatic rings. The fourth-order valence-corrected chi connectivity index (χ4v) is 3.39. The maximum Gasteiger partial charge on any atom is 0.257 e. The highest BCUT2D eigenvalue weighted by molar-refractivity contribution is 5.99. The van der Waals surface area contributed by atoms with Gasteiger partial charge >= 0.3 is 0 Å². The van der Waals surface area contributed by atoms with Crippen molar-refractivity contribution in [3.63, 3.8) is 0 Å². The summed E-state index contributed by atoms with van der Waals surface area (Å²) in [6.45, 7) is 5.15. The molecule has 1 N–H and O–H groups in total. The molecule has 0 saturated carbocycles. The number of amides is 2. The van der Waals surface area contributed by atoms with E-state index in [0.717, 1.165) is 31.5 Å². The largest absolute Gasteiger partial charge is 0.361 e. The third-order valence-electron chi connectivity index (χ3n) is 4.80. The number of nitrogens with zero attached hydrogens (tertiary/aromatic N) is 2. The smallest absolute Gasteiger partial charge is 0.257 e. The predicted molar refractivity (Wildman–Crippen MR) is 97.8 cm³/mol. The molecule has 0 aliphatic carbocycles. The van der Waals surface area contributed by atoms with Crippen LogP contribution in [0.3, 0.4) is 0 Å². The first-order chi connectivity index (χ1) is 12.6. The van der Waals surface area contributed by atoms with Crippen LogP contribution in [0.1, 0.15) is 47.1 Å². The van der Waals surface area contributed by atoms with Crippen LogP contribution in [0.15, 0.2) is 34.9 Å². The van der Waals surface area contributed by atoms with Gasteiger partial charge in [0.2, 0.25) is 5.91 Å². The van der Waals surface area contributed by atoms with Crippen LogP contribution in [-0.4, -0.2) is 41.0 Å². The minimum atomic E-state index is -0.595. The molecule has 1 aromatic heterocycles. The first-order valence-corrected chi connectivity index (χ1v) is 9.19. The quantitative estimate of drug-likeness (QED) is 0.864. The van der Waals surface area contributed by atoms with Crippen LogP contribution in [-0.2, 0) is 17.6 Å². The Bertz CT molecular complexity index is 764. The third kappa shape index (κ3) is 3.95. The number of rotatable bonds is 6. The molecule has 1 saturated heterocycles. The molecule has 0 radical (unpaired) electrons. The maximum absolute atomic E-state index is 13.0. The molecule has 138 valence electrons. The van der Waals surface area contributed by atoms with E-state index in [1.54, 1.807) is 6.92 Å². The van der Waals surface area contributed by atoms with Crippen molar-refractivity contribution in [1.29, 1.82) is 0 Å². The fraction of sp³-hybridized carbons (Fsp3) is 0.450. The molecule has 1 atom stereocenters. The number of carbonyl (C=O) groups is 2. The molecule has 2 aromatic rings. The minimum Gasteiger partial charge on any atom is -0.361 e. The number of benzene rings is 1. The Labute approximate surface area is 153 Å². The van der Waals surface area contributed by atoms with Gasteiger partial charge in [-0.05, 0) is 31.7 Å². The molecule has 6 nitrogen and oxygen atoms in total. The van der Waals surface area contributed by atoms with Crippen molar-refractivity contribution >= 4 is 11.8 Å². The van der Waals surface area contributed by atoms with Crippen LogP contribution < -0.4 is 5.32 Å². The van der Waals surface area contributed by atoms with E-state index in [2.05, 4.69) is 10.5 Å². The van der Waals surface area contributed by atoms with Crippen molar-refractivity contribution in [3.05, 3.63) is 52.9 Å². The topological polar surface area (TPSA) is 75.4 Å². The van der Waals surface area contributed by atoms with E-state index >= 15 is 0 Å². The van der Waals surface area contributed by atoms with Gasteiger partial charge in [-0.25, -0.2) is 0 Å². The second-order valence-electron chi connectivity index (χ2n) is 6.66. The number of aromatic nitrogens is 1. The van der Waals surface area contributed by atoms with Crippen molar-refractivity contribution in [3.8, 4) is 0 Å². The average Bonchev–Trinajstić information content (AvgIpc) is 3.31. The highest BCUT2D eigenvalue weighted by atomic mass is 16.5.